The number of nitro groups is 1. The van der Waals surface area contributed by atoms with Gasteiger partial charge in [-0.1, -0.05) is 15.9 Å². The van der Waals surface area contributed by atoms with E-state index >= 15 is 0 Å². The van der Waals surface area contributed by atoms with Crippen LogP contribution in [0.15, 0.2) is 22.7 Å². The van der Waals surface area contributed by atoms with Gasteiger partial charge in [-0.25, -0.2) is 0 Å². The molecule has 0 bridgehead atoms. The number of hydrogen-bond donors (Lipinski definition) is 1. The Hall–Kier alpha value is -1.08. The Morgan fingerprint density at radius 2 is 2.24 bits per heavy atom. The number of anilines is 1. The zero-order valence-corrected chi connectivity index (χ0v) is 11.1. The van der Waals surface area contributed by atoms with Crippen molar-refractivity contribution in [2.75, 3.05) is 11.4 Å². The predicted octanol–water partition coefficient (Wildman–Crippen LogP) is 2.39. The number of nitrogens with zero attached hydrogens (tertiary/aromatic N) is 2. The Labute approximate surface area is 111 Å². The van der Waals surface area contributed by atoms with Crippen molar-refractivity contribution < 1.29 is 9.72 Å². The van der Waals surface area contributed by atoms with Crippen LogP contribution in [0.3, 0.4) is 0 Å². The van der Waals surface area contributed by atoms with E-state index in [0.29, 0.717) is 23.1 Å². The molecule has 1 aromatic carbocycles. The Morgan fingerprint density at radius 3 is 2.76 bits per heavy atom. The Balaban J connectivity index is 2.46. The van der Waals surface area contributed by atoms with E-state index in [2.05, 4.69) is 28.6 Å². The molecular formula is C10H9BrN2O3S. The molecule has 5 nitrogen and oxygen atoms in total. The summed E-state index contributed by atoms with van der Waals surface area (Å²) in [6.07, 6.45) is 0.312. The second-order valence-electron chi connectivity index (χ2n) is 3.75. The average Bonchev–Trinajstić information content (AvgIpc) is 2.57. The smallest absolute Gasteiger partial charge is 0.293 e. The van der Waals surface area contributed by atoms with E-state index < -0.39 is 4.92 Å². The lowest BCUT2D eigenvalue weighted by atomic mass is 10.2. The number of hydrogen-bond acceptors (Lipinski definition) is 4. The van der Waals surface area contributed by atoms with Gasteiger partial charge < -0.3 is 4.90 Å². The van der Waals surface area contributed by atoms with E-state index in [1.807, 2.05) is 0 Å². The summed E-state index contributed by atoms with van der Waals surface area (Å²) < 4.78 is 0.702. The summed E-state index contributed by atoms with van der Waals surface area (Å²) in [5.74, 6) is -0.133. The summed E-state index contributed by atoms with van der Waals surface area (Å²) in [7, 11) is 0. The Kier molecular flexibility index (Phi) is 3.39. The van der Waals surface area contributed by atoms with Gasteiger partial charge in [0.05, 0.1) is 4.92 Å². The fourth-order valence-electron chi connectivity index (χ4n) is 1.79. The van der Waals surface area contributed by atoms with Crippen molar-refractivity contribution in [3.05, 3.63) is 32.8 Å². The van der Waals surface area contributed by atoms with E-state index in [1.54, 1.807) is 12.1 Å². The maximum absolute atomic E-state index is 11.7. The van der Waals surface area contributed by atoms with Gasteiger partial charge in [0, 0.05) is 28.8 Å². The number of rotatable bonds is 2. The molecule has 1 aliphatic rings. The van der Waals surface area contributed by atoms with Crippen LogP contribution in [-0.4, -0.2) is 22.6 Å². The van der Waals surface area contributed by atoms with Crippen LogP contribution in [0, 0.1) is 10.1 Å². The molecule has 7 heteroatoms. The molecule has 1 aromatic rings. The van der Waals surface area contributed by atoms with Crippen LogP contribution in [-0.2, 0) is 4.79 Å². The van der Waals surface area contributed by atoms with Crippen LogP contribution in [0.1, 0.15) is 6.42 Å². The van der Waals surface area contributed by atoms with Crippen LogP contribution >= 0.6 is 28.6 Å². The molecule has 1 amide bonds. The maximum atomic E-state index is 11.7. The lowest BCUT2D eigenvalue weighted by Crippen LogP contribution is -2.25. The third-order valence-corrected chi connectivity index (χ3v) is 3.37. The second-order valence-corrected chi connectivity index (χ2v) is 5.40. The van der Waals surface area contributed by atoms with Crippen molar-refractivity contribution >= 4 is 45.8 Å². The van der Waals surface area contributed by atoms with Gasteiger partial charge in [-0.2, -0.15) is 12.6 Å². The molecular weight excluding hydrogens is 308 g/mol. The topological polar surface area (TPSA) is 63.5 Å². The summed E-state index contributed by atoms with van der Waals surface area (Å²) in [6.45, 7) is 0.402. The van der Waals surface area contributed by atoms with Gasteiger partial charge in [0.1, 0.15) is 5.69 Å². The molecule has 0 radical (unpaired) electrons. The molecule has 1 atom stereocenters. The normalized spacial score (nSPS) is 19.8. The number of nitro benzene ring substituents is 1. The third-order valence-electron chi connectivity index (χ3n) is 2.53. The first kappa shape index (κ1) is 12.4. The average molecular weight is 317 g/mol. The lowest BCUT2D eigenvalue weighted by Gasteiger charge is -2.16. The molecule has 0 aromatic heterocycles. The minimum atomic E-state index is -0.485. The van der Waals surface area contributed by atoms with Crippen molar-refractivity contribution in [1.29, 1.82) is 0 Å². The lowest BCUT2D eigenvalue weighted by molar-refractivity contribution is -0.384. The van der Waals surface area contributed by atoms with E-state index in [9.17, 15) is 14.9 Å². The molecule has 0 spiro atoms. The molecule has 1 heterocycles. The van der Waals surface area contributed by atoms with Crippen LogP contribution in [0.4, 0.5) is 11.4 Å². The molecule has 1 aliphatic heterocycles. The Bertz CT molecular complexity index is 494. The van der Waals surface area contributed by atoms with E-state index in [-0.39, 0.29) is 16.8 Å². The molecule has 1 saturated heterocycles. The zero-order valence-electron chi connectivity index (χ0n) is 8.67. The van der Waals surface area contributed by atoms with Crippen molar-refractivity contribution in [2.24, 2.45) is 0 Å². The first-order valence-electron chi connectivity index (χ1n) is 4.91. The fraction of sp³-hybridized carbons (Fsp3) is 0.300. The monoisotopic (exact) mass is 316 g/mol. The molecule has 0 N–H and O–H groups in total. The predicted molar refractivity (Wildman–Crippen MR) is 70.5 cm³/mol. The van der Waals surface area contributed by atoms with Crippen LogP contribution in [0.5, 0.6) is 0 Å². The van der Waals surface area contributed by atoms with Crippen molar-refractivity contribution in [3.8, 4) is 0 Å². The largest absolute Gasteiger partial charge is 0.305 e. The zero-order chi connectivity index (χ0) is 12.6. The highest BCUT2D eigenvalue weighted by Gasteiger charge is 2.32. The highest BCUT2D eigenvalue weighted by atomic mass is 79.9. The number of amides is 1. The molecule has 1 unspecified atom stereocenters. The van der Waals surface area contributed by atoms with Gasteiger partial charge in [0.15, 0.2) is 0 Å². The molecule has 17 heavy (non-hydrogen) atoms. The first-order valence-corrected chi connectivity index (χ1v) is 6.22. The highest BCUT2D eigenvalue weighted by molar-refractivity contribution is 9.10. The number of halogens is 1. The van der Waals surface area contributed by atoms with E-state index in [4.69, 9.17) is 0 Å². The number of carbonyl (C=O) groups is 1. The second kappa shape index (κ2) is 4.66. The van der Waals surface area contributed by atoms with Crippen molar-refractivity contribution in [3.63, 3.8) is 0 Å². The highest BCUT2D eigenvalue weighted by Crippen LogP contribution is 2.34. The summed E-state index contributed by atoms with van der Waals surface area (Å²) in [4.78, 5) is 23.6. The van der Waals surface area contributed by atoms with Gasteiger partial charge in [-0.05, 0) is 12.1 Å². The molecule has 2 rings (SSSR count). The first-order chi connectivity index (χ1) is 7.99. The molecule has 90 valence electrons. The summed E-state index contributed by atoms with van der Waals surface area (Å²) in [6, 6.07) is 4.56. The van der Waals surface area contributed by atoms with Crippen molar-refractivity contribution in [2.45, 2.75) is 11.7 Å². The maximum Gasteiger partial charge on any atom is 0.293 e. The summed E-state index contributed by atoms with van der Waals surface area (Å²) in [5, 5.41) is 10.8. The number of benzene rings is 1. The van der Waals surface area contributed by atoms with Gasteiger partial charge >= 0.3 is 0 Å². The van der Waals surface area contributed by atoms with Crippen LogP contribution in [0.2, 0.25) is 0 Å². The summed E-state index contributed by atoms with van der Waals surface area (Å²) in [5.41, 5.74) is 0.259. The third kappa shape index (κ3) is 2.44. The van der Waals surface area contributed by atoms with Gasteiger partial charge in [-0.3, -0.25) is 14.9 Å². The van der Waals surface area contributed by atoms with Gasteiger partial charge in [0.2, 0.25) is 5.91 Å². The SMILES string of the molecule is O=C1CC(S)CN1c1cc(Br)ccc1[N+](=O)[O-]. The molecule has 1 fully saturated rings. The molecule has 0 saturated carbocycles. The van der Waals surface area contributed by atoms with Gasteiger partial charge in [-0.15, -0.1) is 0 Å². The van der Waals surface area contributed by atoms with Crippen molar-refractivity contribution in [1.82, 2.24) is 0 Å². The van der Waals surface area contributed by atoms with E-state index in [1.165, 1.54) is 11.0 Å². The fourth-order valence-corrected chi connectivity index (χ4v) is 2.46. The van der Waals surface area contributed by atoms with Crippen LogP contribution < -0.4 is 4.90 Å². The molecule has 0 aliphatic carbocycles. The van der Waals surface area contributed by atoms with E-state index in [0.717, 1.165) is 0 Å². The Morgan fingerprint density at radius 1 is 1.53 bits per heavy atom. The number of carbonyl (C=O) groups excluding carboxylic acids is 1. The quantitative estimate of drug-likeness (QED) is 0.517. The summed E-state index contributed by atoms with van der Waals surface area (Å²) >= 11 is 7.48. The van der Waals surface area contributed by atoms with Gasteiger partial charge in [0.25, 0.3) is 5.69 Å². The standard InChI is InChI=1S/C10H9BrN2O3S/c11-6-1-2-8(13(15)16)9(3-6)12-5-7(17)4-10(12)14/h1-3,7,17H,4-5H2. The van der Waals surface area contributed by atoms with Crippen LogP contribution in [0.25, 0.3) is 0 Å². The number of thiol groups is 1. The minimum absolute atomic E-state index is 0.0658. The minimum Gasteiger partial charge on any atom is -0.305 e.